The van der Waals surface area contributed by atoms with Crippen molar-refractivity contribution in [2.45, 2.75) is 19.8 Å². The van der Waals surface area contributed by atoms with Crippen LogP contribution in [0.4, 0.5) is 10.1 Å². The first-order chi connectivity index (χ1) is 9.86. The number of carbonyl (C=O) groups is 1. The van der Waals surface area contributed by atoms with Gasteiger partial charge < -0.3 is 10.5 Å². The molecule has 0 aliphatic carbocycles. The number of esters is 1. The molecule has 2 aromatic rings. The number of methoxy groups -OCH3 is 1. The first kappa shape index (κ1) is 15.8. The van der Waals surface area contributed by atoms with Crippen LogP contribution in [0.15, 0.2) is 18.2 Å². The van der Waals surface area contributed by atoms with E-state index in [1.54, 1.807) is 0 Å². The summed E-state index contributed by atoms with van der Waals surface area (Å²) in [5, 5.41) is 0.424. The third kappa shape index (κ3) is 2.89. The Hall–Kier alpha value is -1.59. The highest BCUT2D eigenvalue weighted by molar-refractivity contribution is 7.18. The van der Waals surface area contributed by atoms with Crippen LogP contribution in [0.25, 0.3) is 10.4 Å². The molecular formula is C15H15ClFNO2S. The van der Waals surface area contributed by atoms with E-state index >= 15 is 0 Å². The lowest BCUT2D eigenvalue weighted by Gasteiger charge is -2.10. The van der Waals surface area contributed by atoms with Gasteiger partial charge in [-0.3, -0.25) is 0 Å². The number of nitrogen functional groups attached to an aromatic ring is 1. The summed E-state index contributed by atoms with van der Waals surface area (Å²) in [4.78, 5) is 12.7. The molecule has 1 aromatic carbocycles. The van der Waals surface area contributed by atoms with Crippen molar-refractivity contribution in [3.8, 4) is 10.4 Å². The first-order valence-corrected chi connectivity index (χ1v) is 7.52. The summed E-state index contributed by atoms with van der Waals surface area (Å²) in [6, 6.07) is 4.32. The predicted octanol–water partition coefficient (Wildman–Crippen LogP) is 4.70. The maximum Gasteiger partial charge on any atom is 0.350 e. The van der Waals surface area contributed by atoms with Gasteiger partial charge in [0.25, 0.3) is 0 Å². The van der Waals surface area contributed by atoms with Crippen LogP contribution in [-0.2, 0) is 4.74 Å². The van der Waals surface area contributed by atoms with Crippen LogP contribution in [0, 0.1) is 5.82 Å². The van der Waals surface area contributed by atoms with Crippen molar-refractivity contribution in [1.29, 1.82) is 0 Å². The van der Waals surface area contributed by atoms with E-state index in [4.69, 9.17) is 22.1 Å². The zero-order valence-electron chi connectivity index (χ0n) is 11.9. The van der Waals surface area contributed by atoms with Gasteiger partial charge >= 0.3 is 5.97 Å². The Labute approximate surface area is 131 Å². The van der Waals surface area contributed by atoms with E-state index in [2.05, 4.69) is 0 Å². The molecule has 6 heteroatoms. The minimum absolute atomic E-state index is 0.0352. The van der Waals surface area contributed by atoms with Gasteiger partial charge in [0.2, 0.25) is 0 Å². The van der Waals surface area contributed by atoms with Crippen molar-refractivity contribution in [2.24, 2.45) is 0 Å². The van der Waals surface area contributed by atoms with E-state index in [9.17, 15) is 9.18 Å². The summed E-state index contributed by atoms with van der Waals surface area (Å²) in [7, 11) is 1.29. The van der Waals surface area contributed by atoms with Crippen molar-refractivity contribution in [1.82, 2.24) is 0 Å². The van der Waals surface area contributed by atoms with E-state index in [1.807, 2.05) is 13.8 Å². The van der Waals surface area contributed by atoms with E-state index in [1.165, 1.54) is 25.3 Å². The number of rotatable bonds is 3. The Morgan fingerprint density at radius 1 is 1.43 bits per heavy atom. The van der Waals surface area contributed by atoms with Crippen LogP contribution in [0.5, 0.6) is 0 Å². The van der Waals surface area contributed by atoms with Gasteiger partial charge in [-0.15, -0.1) is 11.3 Å². The summed E-state index contributed by atoms with van der Waals surface area (Å²) in [5.74, 6) is -0.889. The molecule has 1 heterocycles. The van der Waals surface area contributed by atoms with E-state index < -0.39 is 11.8 Å². The van der Waals surface area contributed by atoms with Crippen molar-refractivity contribution in [3.05, 3.63) is 39.5 Å². The highest BCUT2D eigenvalue weighted by Crippen LogP contribution is 2.44. The molecule has 0 spiro atoms. The number of halogens is 2. The van der Waals surface area contributed by atoms with Crippen molar-refractivity contribution in [3.63, 3.8) is 0 Å². The molecule has 0 aliphatic heterocycles. The first-order valence-electron chi connectivity index (χ1n) is 6.32. The molecule has 2 N–H and O–H groups in total. The van der Waals surface area contributed by atoms with Crippen LogP contribution < -0.4 is 5.73 Å². The van der Waals surface area contributed by atoms with E-state index in [0.717, 1.165) is 16.9 Å². The molecule has 0 radical (unpaired) electrons. The number of ether oxygens (including phenoxy) is 1. The van der Waals surface area contributed by atoms with Crippen LogP contribution in [-0.4, -0.2) is 13.1 Å². The predicted molar refractivity (Wildman–Crippen MR) is 84.6 cm³/mol. The Morgan fingerprint density at radius 2 is 2.10 bits per heavy atom. The fraction of sp³-hybridized carbons (Fsp3) is 0.267. The molecule has 0 saturated heterocycles. The van der Waals surface area contributed by atoms with Crippen LogP contribution >= 0.6 is 22.9 Å². The number of carbonyl (C=O) groups excluding carboxylic acids is 1. The molecule has 1 aromatic heterocycles. The monoisotopic (exact) mass is 327 g/mol. The second-order valence-electron chi connectivity index (χ2n) is 4.86. The van der Waals surface area contributed by atoms with Gasteiger partial charge in [-0.05, 0) is 29.7 Å². The zero-order chi connectivity index (χ0) is 15.7. The summed E-state index contributed by atoms with van der Waals surface area (Å²) < 4.78 is 18.8. The number of hydrogen-bond acceptors (Lipinski definition) is 4. The van der Waals surface area contributed by atoms with Gasteiger partial charge in [0.05, 0.1) is 12.8 Å². The molecule has 112 valence electrons. The molecule has 0 bridgehead atoms. The maximum absolute atomic E-state index is 14.1. The maximum atomic E-state index is 14.1. The van der Waals surface area contributed by atoms with Crippen LogP contribution in [0.3, 0.4) is 0 Å². The van der Waals surface area contributed by atoms with Gasteiger partial charge in [0, 0.05) is 15.5 Å². The molecule has 0 unspecified atom stereocenters. The number of thiophene rings is 1. The molecule has 3 nitrogen and oxygen atoms in total. The molecular weight excluding hydrogens is 313 g/mol. The third-order valence-corrected chi connectivity index (χ3v) is 4.57. The molecule has 0 saturated carbocycles. The molecule has 0 amide bonds. The number of nitrogens with two attached hydrogens (primary N) is 1. The lowest BCUT2D eigenvalue weighted by Crippen LogP contribution is -2.03. The fourth-order valence-electron chi connectivity index (χ4n) is 2.15. The average Bonchev–Trinajstić information content (AvgIpc) is 2.78. The molecule has 0 aliphatic rings. The molecule has 21 heavy (non-hydrogen) atoms. The topological polar surface area (TPSA) is 52.3 Å². The summed E-state index contributed by atoms with van der Waals surface area (Å²) in [5.41, 5.74) is 7.49. The smallest absolute Gasteiger partial charge is 0.350 e. The zero-order valence-corrected chi connectivity index (χ0v) is 13.4. The number of benzene rings is 1. The Kier molecular flexibility index (Phi) is 4.54. The number of hydrogen-bond donors (Lipinski definition) is 1. The molecule has 0 atom stereocenters. The fourth-order valence-corrected chi connectivity index (χ4v) is 3.63. The minimum Gasteiger partial charge on any atom is -0.465 e. The number of anilines is 1. The van der Waals surface area contributed by atoms with Crippen molar-refractivity contribution < 1.29 is 13.9 Å². The van der Waals surface area contributed by atoms with Gasteiger partial charge in [-0.1, -0.05) is 25.4 Å². The second kappa shape index (κ2) is 6.03. The van der Waals surface area contributed by atoms with Gasteiger partial charge in [-0.25, -0.2) is 9.18 Å². The molecule has 0 fully saturated rings. The highest BCUT2D eigenvalue weighted by Gasteiger charge is 2.25. The van der Waals surface area contributed by atoms with Crippen molar-refractivity contribution in [2.75, 3.05) is 12.8 Å². The van der Waals surface area contributed by atoms with Crippen molar-refractivity contribution >= 4 is 34.6 Å². The Balaban J connectivity index is 2.73. The van der Waals surface area contributed by atoms with Gasteiger partial charge in [-0.2, -0.15) is 0 Å². The second-order valence-corrected chi connectivity index (χ2v) is 6.32. The van der Waals surface area contributed by atoms with E-state index in [-0.39, 0.29) is 10.8 Å². The van der Waals surface area contributed by atoms with E-state index in [0.29, 0.717) is 21.2 Å². The van der Waals surface area contributed by atoms with Gasteiger partial charge in [0.15, 0.2) is 0 Å². The lowest BCUT2D eigenvalue weighted by molar-refractivity contribution is 0.0607. The summed E-state index contributed by atoms with van der Waals surface area (Å²) in [6.45, 7) is 3.87. The lowest BCUT2D eigenvalue weighted by atomic mass is 9.98. The molecule has 2 rings (SSSR count). The minimum atomic E-state index is -0.520. The standard InChI is InChI=1S/C15H15ClFNO2S/c1-7(2)11-12(18)14(15(19)20-3)21-13(11)9-6-8(16)4-5-10(9)17/h4-7H,18H2,1-3H3. The SMILES string of the molecule is COC(=O)c1sc(-c2cc(Cl)ccc2F)c(C(C)C)c1N. The third-order valence-electron chi connectivity index (χ3n) is 3.10. The average molecular weight is 328 g/mol. The van der Waals surface area contributed by atoms with Crippen LogP contribution in [0.2, 0.25) is 5.02 Å². The Morgan fingerprint density at radius 3 is 2.67 bits per heavy atom. The highest BCUT2D eigenvalue weighted by atomic mass is 35.5. The largest absolute Gasteiger partial charge is 0.465 e. The normalized spacial score (nSPS) is 11.0. The summed E-state index contributed by atoms with van der Waals surface area (Å²) in [6.07, 6.45) is 0. The van der Waals surface area contributed by atoms with Gasteiger partial charge in [0.1, 0.15) is 10.7 Å². The summed E-state index contributed by atoms with van der Waals surface area (Å²) >= 11 is 7.08. The Bertz CT molecular complexity index is 697. The van der Waals surface area contributed by atoms with Crippen LogP contribution in [0.1, 0.15) is 35.0 Å². The quantitative estimate of drug-likeness (QED) is 0.831.